The first-order valence-electron chi connectivity index (χ1n) is 4.38. The number of aliphatic hydroxyl groups is 1. The summed E-state index contributed by atoms with van der Waals surface area (Å²) in [5.41, 5.74) is -0.577. The van der Waals surface area contributed by atoms with E-state index in [9.17, 15) is 14.9 Å². The fraction of sp³-hybridized carbons (Fsp3) is 0.100. The van der Waals surface area contributed by atoms with Crippen molar-refractivity contribution in [2.75, 3.05) is 5.32 Å². The van der Waals surface area contributed by atoms with Gasteiger partial charge in [0.05, 0.1) is 11.5 Å². The monoisotopic (exact) mass is 236 g/mol. The van der Waals surface area contributed by atoms with E-state index in [4.69, 9.17) is 16.6 Å². The summed E-state index contributed by atoms with van der Waals surface area (Å²) < 4.78 is 0. The number of nitrogens with zero attached hydrogens (tertiary/aromatic N) is 1. The van der Waals surface area contributed by atoms with Gasteiger partial charge in [0.25, 0.3) is 0 Å². The molecular formula is C10H8N2O5. The highest BCUT2D eigenvalue weighted by Gasteiger charge is 2.21. The molecule has 0 bridgehead atoms. The number of amides is 1. The number of hydrogen-bond acceptors (Lipinski definition) is 4. The van der Waals surface area contributed by atoms with Crippen LogP contribution in [0.5, 0.6) is 0 Å². The second-order valence-corrected chi connectivity index (χ2v) is 3.03. The van der Waals surface area contributed by atoms with E-state index >= 15 is 0 Å². The largest absolute Gasteiger partial charge is 0.465 e. The van der Waals surface area contributed by atoms with Crippen LogP contribution in [0, 0.1) is 22.5 Å². The van der Waals surface area contributed by atoms with Crippen molar-refractivity contribution >= 4 is 17.5 Å². The van der Waals surface area contributed by atoms with Gasteiger partial charge in [0.2, 0.25) is 0 Å². The predicted molar refractivity (Wildman–Crippen MR) is 58.6 cm³/mol. The second-order valence-electron chi connectivity index (χ2n) is 3.03. The highest BCUT2D eigenvalue weighted by molar-refractivity contribution is 5.88. The number of terminal acetylenes is 1. The molecule has 0 unspecified atom stereocenters. The molecule has 3 N–H and O–H groups in total. The number of rotatable bonds is 3. The van der Waals surface area contributed by atoms with Crippen LogP contribution in [-0.4, -0.2) is 21.2 Å². The maximum Gasteiger partial charge on any atom is 0.409 e. The molecule has 0 heterocycles. The van der Waals surface area contributed by atoms with Gasteiger partial charge < -0.3 is 10.2 Å². The lowest BCUT2D eigenvalue weighted by molar-refractivity contribution is -0.384. The summed E-state index contributed by atoms with van der Waals surface area (Å²) in [5.74, 6) is 2.08. The van der Waals surface area contributed by atoms with Crippen molar-refractivity contribution in [1.29, 1.82) is 0 Å². The standard InChI is InChI=1S/C10H8N2O5/c1-2-7-3-6(5-13)4-8(11-10(14)15)9(7)12(16)17/h1,3-4,11,13H,5H2,(H,14,15). The van der Waals surface area contributed by atoms with E-state index < -0.39 is 23.3 Å². The number of nitro benzene ring substituents is 1. The van der Waals surface area contributed by atoms with Gasteiger partial charge >= 0.3 is 11.8 Å². The van der Waals surface area contributed by atoms with Crippen molar-refractivity contribution in [3.63, 3.8) is 0 Å². The average Bonchev–Trinajstić information content (AvgIpc) is 2.26. The number of benzene rings is 1. The number of anilines is 1. The number of carboxylic acid groups (broad SMARTS) is 1. The predicted octanol–water partition coefficient (Wildman–Crippen LogP) is 1.16. The Morgan fingerprint density at radius 3 is 2.65 bits per heavy atom. The normalized spacial score (nSPS) is 9.41. The highest BCUT2D eigenvalue weighted by Crippen LogP contribution is 2.30. The van der Waals surface area contributed by atoms with E-state index in [0.29, 0.717) is 0 Å². The third kappa shape index (κ3) is 2.70. The fourth-order valence-corrected chi connectivity index (χ4v) is 1.30. The zero-order valence-electron chi connectivity index (χ0n) is 8.51. The van der Waals surface area contributed by atoms with Crippen LogP contribution in [0.15, 0.2) is 12.1 Å². The Balaban J connectivity index is 3.47. The first-order chi connectivity index (χ1) is 7.99. The van der Waals surface area contributed by atoms with Gasteiger partial charge in [0.15, 0.2) is 0 Å². The Kier molecular flexibility index (Phi) is 3.64. The number of nitrogens with one attached hydrogen (secondary N) is 1. The maximum atomic E-state index is 10.8. The molecule has 0 saturated heterocycles. The summed E-state index contributed by atoms with van der Waals surface area (Å²) in [6.45, 7) is -0.402. The Morgan fingerprint density at radius 1 is 1.59 bits per heavy atom. The lowest BCUT2D eigenvalue weighted by Gasteiger charge is -2.06. The van der Waals surface area contributed by atoms with Crippen LogP contribution < -0.4 is 5.32 Å². The third-order valence-electron chi connectivity index (χ3n) is 1.93. The number of aliphatic hydroxyl groups excluding tert-OH is 1. The van der Waals surface area contributed by atoms with Crippen LogP contribution in [0.4, 0.5) is 16.2 Å². The molecule has 1 amide bonds. The molecule has 0 spiro atoms. The van der Waals surface area contributed by atoms with Crippen molar-refractivity contribution in [2.24, 2.45) is 0 Å². The first kappa shape index (κ1) is 12.5. The van der Waals surface area contributed by atoms with E-state index in [1.165, 1.54) is 6.07 Å². The van der Waals surface area contributed by atoms with Crippen molar-refractivity contribution in [3.8, 4) is 12.3 Å². The number of nitro groups is 1. The molecule has 88 valence electrons. The van der Waals surface area contributed by atoms with Crippen LogP contribution in [0.3, 0.4) is 0 Å². The van der Waals surface area contributed by atoms with Gasteiger partial charge in [0.1, 0.15) is 11.3 Å². The molecule has 0 aromatic heterocycles. The van der Waals surface area contributed by atoms with Crippen molar-refractivity contribution < 1.29 is 19.9 Å². The van der Waals surface area contributed by atoms with Gasteiger partial charge in [-0.05, 0) is 17.7 Å². The molecule has 0 aliphatic heterocycles. The van der Waals surface area contributed by atoms with Crippen LogP contribution in [0.2, 0.25) is 0 Å². The van der Waals surface area contributed by atoms with E-state index in [0.717, 1.165) is 6.07 Å². The molecule has 1 aromatic carbocycles. The molecule has 0 aliphatic rings. The molecule has 0 aliphatic carbocycles. The van der Waals surface area contributed by atoms with Crippen LogP contribution >= 0.6 is 0 Å². The van der Waals surface area contributed by atoms with Gasteiger partial charge in [-0.25, -0.2) is 4.79 Å². The topological polar surface area (TPSA) is 113 Å². The lowest BCUT2D eigenvalue weighted by atomic mass is 10.1. The SMILES string of the molecule is C#Cc1cc(CO)cc(NC(=O)O)c1[N+](=O)[O-]. The summed E-state index contributed by atoms with van der Waals surface area (Å²) >= 11 is 0. The van der Waals surface area contributed by atoms with Crippen LogP contribution in [0.1, 0.15) is 11.1 Å². The first-order valence-corrected chi connectivity index (χ1v) is 4.38. The van der Waals surface area contributed by atoms with Gasteiger partial charge in [-0.15, -0.1) is 6.42 Å². The minimum atomic E-state index is -1.45. The Hall–Kier alpha value is -2.59. The Morgan fingerprint density at radius 2 is 2.24 bits per heavy atom. The van der Waals surface area contributed by atoms with Gasteiger partial charge in [-0.3, -0.25) is 15.4 Å². The molecule has 0 fully saturated rings. The van der Waals surface area contributed by atoms with E-state index in [1.807, 2.05) is 5.32 Å². The fourth-order valence-electron chi connectivity index (χ4n) is 1.30. The van der Waals surface area contributed by atoms with Crippen molar-refractivity contribution in [1.82, 2.24) is 0 Å². The molecule has 0 atom stereocenters. The number of carbonyl (C=O) groups is 1. The molecule has 1 rings (SSSR count). The minimum absolute atomic E-state index is 0.0923. The van der Waals surface area contributed by atoms with Gasteiger partial charge in [0, 0.05) is 0 Å². The Bertz CT molecular complexity index is 518. The summed E-state index contributed by atoms with van der Waals surface area (Å²) in [5, 5.41) is 30.2. The van der Waals surface area contributed by atoms with Crippen LogP contribution in [0.25, 0.3) is 0 Å². The summed E-state index contributed by atoms with van der Waals surface area (Å²) in [7, 11) is 0. The summed E-state index contributed by atoms with van der Waals surface area (Å²) in [6, 6.07) is 2.41. The quantitative estimate of drug-likeness (QED) is 0.414. The summed E-state index contributed by atoms with van der Waals surface area (Å²) in [6.07, 6.45) is 3.65. The number of hydrogen-bond donors (Lipinski definition) is 3. The van der Waals surface area contributed by atoms with E-state index in [-0.39, 0.29) is 16.8 Å². The molecule has 0 saturated carbocycles. The molecular weight excluding hydrogens is 228 g/mol. The smallest absolute Gasteiger partial charge is 0.409 e. The molecule has 7 nitrogen and oxygen atoms in total. The van der Waals surface area contributed by atoms with Gasteiger partial charge in [-0.2, -0.15) is 0 Å². The second kappa shape index (κ2) is 4.96. The average molecular weight is 236 g/mol. The van der Waals surface area contributed by atoms with Gasteiger partial charge in [-0.1, -0.05) is 5.92 Å². The maximum absolute atomic E-state index is 10.8. The van der Waals surface area contributed by atoms with Crippen molar-refractivity contribution in [2.45, 2.75) is 6.61 Å². The molecule has 1 aromatic rings. The van der Waals surface area contributed by atoms with Crippen LogP contribution in [-0.2, 0) is 6.61 Å². The highest BCUT2D eigenvalue weighted by atomic mass is 16.6. The molecule has 0 radical (unpaired) electrons. The zero-order chi connectivity index (χ0) is 13.0. The lowest BCUT2D eigenvalue weighted by Crippen LogP contribution is -2.10. The molecule has 17 heavy (non-hydrogen) atoms. The Labute approximate surface area is 95.8 Å². The summed E-state index contributed by atoms with van der Waals surface area (Å²) in [4.78, 5) is 20.5. The third-order valence-corrected chi connectivity index (χ3v) is 1.93. The molecule has 7 heteroatoms. The minimum Gasteiger partial charge on any atom is -0.465 e. The van der Waals surface area contributed by atoms with Crippen molar-refractivity contribution in [3.05, 3.63) is 33.4 Å². The van der Waals surface area contributed by atoms with E-state index in [1.54, 1.807) is 0 Å². The van der Waals surface area contributed by atoms with E-state index in [2.05, 4.69) is 5.92 Å². The zero-order valence-corrected chi connectivity index (χ0v) is 8.51.